The third-order valence-electron chi connectivity index (χ3n) is 2.64. The highest BCUT2D eigenvalue weighted by Gasteiger charge is 2.16. The van der Waals surface area contributed by atoms with Crippen molar-refractivity contribution in [3.05, 3.63) is 18.2 Å². The van der Waals surface area contributed by atoms with Gasteiger partial charge in [-0.2, -0.15) is 0 Å². The van der Waals surface area contributed by atoms with Crippen LogP contribution in [0.4, 0.5) is 11.4 Å². The fourth-order valence-electron chi connectivity index (χ4n) is 1.28. The molecule has 0 aliphatic heterocycles. The van der Waals surface area contributed by atoms with E-state index in [1.165, 1.54) is 0 Å². The maximum Gasteiger partial charge on any atom is 0.241 e. The Hall–Kier alpha value is -1.75. The molecule has 1 rings (SSSR count). The molecular formula is C12H19N3O2. The van der Waals surface area contributed by atoms with Gasteiger partial charge >= 0.3 is 0 Å². The van der Waals surface area contributed by atoms with E-state index in [-0.39, 0.29) is 11.9 Å². The number of nitrogens with one attached hydrogen (secondary N) is 1. The highest BCUT2D eigenvalue weighted by molar-refractivity contribution is 5.96. The summed E-state index contributed by atoms with van der Waals surface area (Å²) in [5.41, 5.74) is 6.86. The molecule has 1 aromatic rings. The quantitative estimate of drug-likeness (QED) is 0.771. The predicted molar refractivity (Wildman–Crippen MR) is 69.2 cm³/mol. The number of hydrogen-bond acceptors (Lipinski definition) is 4. The van der Waals surface area contributed by atoms with Crippen molar-refractivity contribution in [1.82, 2.24) is 4.90 Å². The van der Waals surface area contributed by atoms with E-state index in [2.05, 4.69) is 5.32 Å². The summed E-state index contributed by atoms with van der Waals surface area (Å²) < 4.78 is 5.16. The molecule has 0 aromatic heterocycles. The minimum atomic E-state index is -0.211. The van der Waals surface area contributed by atoms with Gasteiger partial charge in [0.25, 0.3) is 0 Å². The first kappa shape index (κ1) is 13.3. The van der Waals surface area contributed by atoms with Crippen molar-refractivity contribution in [1.29, 1.82) is 0 Å². The van der Waals surface area contributed by atoms with Crippen molar-refractivity contribution >= 4 is 17.3 Å². The van der Waals surface area contributed by atoms with Gasteiger partial charge in [0.1, 0.15) is 5.75 Å². The van der Waals surface area contributed by atoms with Gasteiger partial charge in [-0.15, -0.1) is 0 Å². The molecule has 3 N–H and O–H groups in total. The van der Waals surface area contributed by atoms with Crippen molar-refractivity contribution in [2.75, 3.05) is 32.3 Å². The molecule has 0 spiro atoms. The van der Waals surface area contributed by atoms with Gasteiger partial charge in [0.05, 0.1) is 18.8 Å². The van der Waals surface area contributed by atoms with E-state index in [0.29, 0.717) is 17.1 Å². The number of anilines is 2. The normalized spacial score (nSPS) is 12.3. The number of nitrogens with zero attached hydrogens (tertiary/aromatic N) is 1. The minimum Gasteiger partial charge on any atom is -0.494 e. The molecule has 0 fully saturated rings. The molecule has 1 aromatic carbocycles. The smallest absolute Gasteiger partial charge is 0.241 e. The van der Waals surface area contributed by atoms with E-state index >= 15 is 0 Å². The Balaban J connectivity index is 2.84. The first-order chi connectivity index (χ1) is 7.95. The zero-order valence-electron chi connectivity index (χ0n) is 10.7. The van der Waals surface area contributed by atoms with E-state index in [4.69, 9.17) is 10.5 Å². The average molecular weight is 237 g/mol. The molecule has 17 heavy (non-hydrogen) atoms. The van der Waals surface area contributed by atoms with Crippen molar-refractivity contribution < 1.29 is 9.53 Å². The van der Waals surface area contributed by atoms with E-state index in [1.807, 2.05) is 25.9 Å². The van der Waals surface area contributed by atoms with Gasteiger partial charge in [-0.05, 0) is 33.2 Å². The summed E-state index contributed by atoms with van der Waals surface area (Å²) in [5.74, 6) is 0.474. The molecule has 0 aliphatic carbocycles. The monoisotopic (exact) mass is 237 g/mol. The summed E-state index contributed by atoms with van der Waals surface area (Å²) in [7, 11) is 5.24. The van der Waals surface area contributed by atoms with Gasteiger partial charge < -0.3 is 15.8 Å². The first-order valence-electron chi connectivity index (χ1n) is 5.36. The first-order valence-corrected chi connectivity index (χ1v) is 5.36. The zero-order valence-corrected chi connectivity index (χ0v) is 10.7. The molecule has 0 saturated carbocycles. The van der Waals surface area contributed by atoms with E-state index in [1.54, 1.807) is 25.3 Å². The summed E-state index contributed by atoms with van der Waals surface area (Å²) in [5, 5.41) is 2.81. The predicted octanol–water partition coefficient (Wildman–Crippen LogP) is 1.17. The SMILES string of the molecule is COc1cc(N)ccc1NC(=O)C(C)N(C)C. The maximum atomic E-state index is 11.9. The van der Waals surface area contributed by atoms with Crippen molar-refractivity contribution in [2.45, 2.75) is 13.0 Å². The molecule has 0 aliphatic rings. The number of benzene rings is 1. The van der Waals surface area contributed by atoms with Crippen LogP contribution >= 0.6 is 0 Å². The third kappa shape index (κ3) is 3.35. The van der Waals surface area contributed by atoms with Gasteiger partial charge in [0.2, 0.25) is 5.91 Å². The Kier molecular flexibility index (Phi) is 4.34. The van der Waals surface area contributed by atoms with Crippen LogP contribution in [0.25, 0.3) is 0 Å². The van der Waals surface area contributed by atoms with Gasteiger partial charge in [-0.25, -0.2) is 0 Å². The second-order valence-corrected chi connectivity index (χ2v) is 4.09. The summed E-state index contributed by atoms with van der Waals surface area (Å²) in [6, 6.07) is 4.92. The van der Waals surface area contributed by atoms with E-state index < -0.39 is 0 Å². The molecule has 5 heteroatoms. The largest absolute Gasteiger partial charge is 0.494 e. The Bertz CT molecular complexity index is 405. The number of ether oxygens (including phenoxy) is 1. The highest BCUT2D eigenvalue weighted by Crippen LogP contribution is 2.26. The number of likely N-dealkylation sites (N-methyl/N-ethyl adjacent to an activating group) is 1. The Morgan fingerprint density at radius 3 is 2.65 bits per heavy atom. The van der Waals surface area contributed by atoms with Gasteiger partial charge in [-0.3, -0.25) is 9.69 Å². The molecule has 1 atom stereocenters. The third-order valence-corrected chi connectivity index (χ3v) is 2.64. The maximum absolute atomic E-state index is 11.9. The number of methoxy groups -OCH3 is 1. The summed E-state index contributed by atoms with van der Waals surface area (Å²) in [6.45, 7) is 1.83. The number of amides is 1. The second kappa shape index (κ2) is 5.54. The summed E-state index contributed by atoms with van der Waals surface area (Å²) >= 11 is 0. The van der Waals surface area contributed by atoms with Crippen molar-refractivity contribution in [3.8, 4) is 5.75 Å². The Labute approximate surface area is 102 Å². The fourth-order valence-corrected chi connectivity index (χ4v) is 1.28. The number of rotatable bonds is 4. The number of hydrogen-bond donors (Lipinski definition) is 2. The zero-order chi connectivity index (χ0) is 13.0. The van der Waals surface area contributed by atoms with Crippen LogP contribution < -0.4 is 15.8 Å². The van der Waals surface area contributed by atoms with Gasteiger partial charge in [0.15, 0.2) is 0 Å². The minimum absolute atomic E-state index is 0.0851. The van der Waals surface area contributed by atoms with Crippen LogP contribution in [0.5, 0.6) is 5.75 Å². The lowest BCUT2D eigenvalue weighted by Crippen LogP contribution is -2.37. The number of nitrogen functional groups attached to an aromatic ring is 1. The van der Waals surface area contributed by atoms with Gasteiger partial charge in [-0.1, -0.05) is 0 Å². The second-order valence-electron chi connectivity index (χ2n) is 4.09. The van der Waals surface area contributed by atoms with E-state index in [0.717, 1.165) is 0 Å². The van der Waals surface area contributed by atoms with Crippen LogP contribution in [-0.4, -0.2) is 38.1 Å². The van der Waals surface area contributed by atoms with Crippen molar-refractivity contribution in [3.63, 3.8) is 0 Å². The Morgan fingerprint density at radius 1 is 1.47 bits per heavy atom. The number of nitrogens with two attached hydrogens (primary N) is 1. The van der Waals surface area contributed by atoms with Crippen LogP contribution in [0.3, 0.4) is 0 Å². The van der Waals surface area contributed by atoms with E-state index in [9.17, 15) is 4.79 Å². The van der Waals surface area contributed by atoms with Crippen LogP contribution in [0.1, 0.15) is 6.92 Å². The molecule has 5 nitrogen and oxygen atoms in total. The lowest BCUT2D eigenvalue weighted by atomic mass is 10.2. The van der Waals surface area contributed by atoms with Crippen LogP contribution in [-0.2, 0) is 4.79 Å². The van der Waals surface area contributed by atoms with Crippen molar-refractivity contribution in [2.24, 2.45) is 0 Å². The lowest BCUT2D eigenvalue weighted by Gasteiger charge is -2.19. The molecule has 0 bridgehead atoms. The number of carbonyl (C=O) groups excluding carboxylic acids is 1. The fraction of sp³-hybridized carbons (Fsp3) is 0.417. The van der Waals surface area contributed by atoms with Gasteiger partial charge in [0, 0.05) is 11.8 Å². The lowest BCUT2D eigenvalue weighted by molar-refractivity contribution is -0.119. The molecule has 0 saturated heterocycles. The van der Waals surface area contributed by atoms with Crippen LogP contribution in [0.15, 0.2) is 18.2 Å². The van der Waals surface area contributed by atoms with Crippen LogP contribution in [0, 0.1) is 0 Å². The molecule has 1 amide bonds. The molecular weight excluding hydrogens is 218 g/mol. The highest BCUT2D eigenvalue weighted by atomic mass is 16.5. The number of carbonyl (C=O) groups is 1. The Morgan fingerprint density at radius 2 is 2.12 bits per heavy atom. The van der Waals surface area contributed by atoms with Crippen LogP contribution in [0.2, 0.25) is 0 Å². The summed E-state index contributed by atoms with van der Waals surface area (Å²) in [6.07, 6.45) is 0. The topological polar surface area (TPSA) is 67.6 Å². The average Bonchev–Trinajstić information content (AvgIpc) is 2.30. The molecule has 1 unspecified atom stereocenters. The molecule has 94 valence electrons. The molecule has 0 radical (unpaired) electrons. The summed E-state index contributed by atoms with van der Waals surface area (Å²) in [4.78, 5) is 13.7. The standard InChI is InChI=1S/C12H19N3O2/c1-8(15(2)3)12(16)14-10-6-5-9(13)7-11(10)17-4/h5-8H,13H2,1-4H3,(H,14,16). The molecule has 0 heterocycles.